The number of alkyl halides is 3. The Morgan fingerprint density at radius 1 is 1.29 bits per heavy atom. The van der Waals surface area contributed by atoms with Crippen LogP contribution in [0, 0.1) is 5.21 Å². The number of halogens is 3. The standard InChI is InChI=1S/C17H18F3N3O10S/c1-7(24)33-5-8-6-34(31,32)14-10(21-16(29)17(18,19)20)13(26)23(14,30)11(8)12(25)22-4-2-3-9(22)15(27)28/h9-10,14H,2-6H2,1H3,(H,21,29)(H,27,28). The van der Waals surface area contributed by atoms with Crippen molar-refractivity contribution in [2.24, 2.45) is 0 Å². The summed E-state index contributed by atoms with van der Waals surface area (Å²) in [5, 5.41) is 21.6. The maximum absolute atomic E-state index is 13.6. The quantitative estimate of drug-likeness (QED) is 0.190. The molecule has 4 unspecified atom stereocenters. The van der Waals surface area contributed by atoms with Crippen molar-refractivity contribution < 1.29 is 60.1 Å². The highest BCUT2D eigenvalue weighted by molar-refractivity contribution is 7.92. The first kappa shape index (κ1) is 25.6. The van der Waals surface area contributed by atoms with Crippen LogP contribution in [0.4, 0.5) is 13.2 Å². The van der Waals surface area contributed by atoms with Crippen LogP contribution < -0.4 is 5.32 Å². The Morgan fingerprint density at radius 2 is 1.91 bits per heavy atom. The summed E-state index contributed by atoms with van der Waals surface area (Å²) in [7, 11) is -4.75. The lowest BCUT2D eigenvalue weighted by Crippen LogP contribution is -2.83. The Morgan fingerprint density at radius 3 is 2.44 bits per heavy atom. The molecule has 0 radical (unpaired) electrons. The van der Waals surface area contributed by atoms with Crippen molar-refractivity contribution >= 4 is 39.5 Å². The number of ether oxygens (including phenoxy) is 1. The van der Waals surface area contributed by atoms with Crippen LogP contribution in [0.1, 0.15) is 19.8 Å². The molecule has 2 saturated heterocycles. The van der Waals surface area contributed by atoms with Crippen LogP contribution in [0.5, 0.6) is 0 Å². The number of aliphatic carboxylic acids is 1. The van der Waals surface area contributed by atoms with Crippen LogP contribution in [-0.2, 0) is 38.5 Å². The molecule has 3 rings (SSSR count). The topological polar surface area (TPSA) is 187 Å². The second kappa shape index (κ2) is 8.31. The van der Waals surface area contributed by atoms with Crippen molar-refractivity contribution in [3.05, 3.63) is 16.5 Å². The highest BCUT2D eigenvalue weighted by Gasteiger charge is 2.72. The van der Waals surface area contributed by atoms with Crippen molar-refractivity contribution in [1.82, 2.24) is 10.2 Å². The number of esters is 1. The molecule has 2 N–H and O–H groups in total. The fourth-order valence-electron chi connectivity index (χ4n) is 4.23. The number of carbonyl (C=O) groups excluding carboxylic acids is 4. The third-order valence-electron chi connectivity index (χ3n) is 5.64. The molecule has 17 heteroatoms. The molecular weight excluding hydrogens is 495 g/mol. The zero-order valence-electron chi connectivity index (χ0n) is 17.3. The number of hydroxylamine groups is 3. The number of β-lactam (4-membered cyclic amide) rings is 1. The number of likely N-dealkylation sites (tertiary alicyclic amines) is 1. The van der Waals surface area contributed by atoms with Gasteiger partial charge < -0.3 is 25.3 Å². The minimum atomic E-state index is -5.49. The number of quaternary nitrogens is 1. The highest BCUT2D eigenvalue weighted by atomic mass is 32.2. The van der Waals surface area contributed by atoms with Crippen LogP contribution in [0.15, 0.2) is 11.3 Å². The van der Waals surface area contributed by atoms with Crippen LogP contribution in [0.25, 0.3) is 0 Å². The first-order chi connectivity index (χ1) is 15.5. The number of carbonyl (C=O) groups is 5. The van der Waals surface area contributed by atoms with Crippen molar-refractivity contribution in [3.63, 3.8) is 0 Å². The van der Waals surface area contributed by atoms with Gasteiger partial charge in [0.15, 0.2) is 0 Å². The van der Waals surface area contributed by atoms with E-state index in [-0.39, 0.29) is 19.4 Å². The van der Waals surface area contributed by atoms with Gasteiger partial charge >= 0.3 is 35.8 Å². The minimum absolute atomic E-state index is 0.00751. The third-order valence-corrected chi connectivity index (χ3v) is 7.70. The van der Waals surface area contributed by atoms with E-state index >= 15 is 0 Å². The molecule has 3 heterocycles. The van der Waals surface area contributed by atoms with Gasteiger partial charge in [-0.3, -0.25) is 14.4 Å². The van der Waals surface area contributed by atoms with E-state index in [0.717, 1.165) is 11.8 Å². The van der Waals surface area contributed by atoms with Crippen molar-refractivity contribution in [2.45, 2.75) is 43.4 Å². The van der Waals surface area contributed by atoms with E-state index in [1.807, 2.05) is 0 Å². The number of hydrogen-bond acceptors (Lipinski definition) is 9. The van der Waals surface area contributed by atoms with Crippen molar-refractivity contribution in [1.29, 1.82) is 0 Å². The molecule has 0 aromatic carbocycles. The van der Waals surface area contributed by atoms with E-state index in [9.17, 15) is 55.9 Å². The van der Waals surface area contributed by atoms with Gasteiger partial charge in [-0.05, 0) is 12.8 Å². The molecule has 0 aromatic heterocycles. The number of hydrogen-bond donors (Lipinski definition) is 2. The molecule has 3 aliphatic heterocycles. The first-order valence-corrected chi connectivity index (χ1v) is 11.4. The monoisotopic (exact) mass is 513 g/mol. The van der Waals surface area contributed by atoms with Gasteiger partial charge in [-0.1, -0.05) is 0 Å². The first-order valence-electron chi connectivity index (χ1n) is 9.66. The summed E-state index contributed by atoms with van der Waals surface area (Å²) in [5.41, 5.74) is -1.67. The number of nitrogens with zero attached hydrogens (tertiary/aromatic N) is 2. The maximum Gasteiger partial charge on any atom is 0.471 e. The van der Waals surface area contributed by atoms with Gasteiger partial charge in [0.2, 0.25) is 27.0 Å². The predicted octanol–water partition coefficient (Wildman–Crippen LogP) is -1.46. The van der Waals surface area contributed by atoms with Crippen molar-refractivity contribution in [2.75, 3.05) is 18.9 Å². The van der Waals surface area contributed by atoms with E-state index in [2.05, 4.69) is 4.74 Å². The number of rotatable bonds is 5. The molecule has 0 saturated carbocycles. The number of fused-ring (bicyclic) bond motifs is 1. The van der Waals surface area contributed by atoms with Crippen LogP contribution in [0.3, 0.4) is 0 Å². The van der Waals surface area contributed by atoms with E-state index in [0.29, 0.717) is 0 Å². The van der Waals surface area contributed by atoms with E-state index in [1.54, 1.807) is 0 Å². The van der Waals surface area contributed by atoms with Crippen LogP contribution in [0.2, 0.25) is 0 Å². The van der Waals surface area contributed by atoms with Gasteiger partial charge in [-0.15, -0.1) is 0 Å². The smallest absolute Gasteiger partial charge is 0.471 e. The second-order valence-electron chi connectivity index (χ2n) is 7.87. The van der Waals surface area contributed by atoms with Gasteiger partial charge in [-0.25, -0.2) is 22.7 Å². The zero-order chi connectivity index (χ0) is 25.8. The largest absolute Gasteiger partial charge is 0.619 e. The molecule has 0 bridgehead atoms. The summed E-state index contributed by atoms with van der Waals surface area (Å²) in [6, 6.07) is -3.81. The number of carboxylic acids is 1. The molecule has 0 spiro atoms. The minimum Gasteiger partial charge on any atom is -0.619 e. The van der Waals surface area contributed by atoms with Crippen molar-refractivity contribution in [3.8, 4) is 0 Å². The molecule has 4 atom stereocenters. The summed E-state index contributed by atoms with van der Waals surface area (Å²) in [5.74, 6) is -9.29. The molecule has 188 valence electrons. The lowest BCUT2D eigenvalue weighted by Gasteiger charge is -2.58. The summed E-state index contributed by atoms with van der Waals surface area (Å²) in [6.07, 6.45) is -5.30. The van der Waals surface area contributed by atoms with E-state index in [4.69, 9.17) is 0 Å². The second-order valence-corrected chi connectivity index (χ2v) is 9.97. The fraction of sp³-hybridized carbons (Fsp3) is 0.588. The van der Waals surface area contributed by atoms with Gasteiger partial charge in [0.1, 0.15) is 12.6 Å². The number of sulfone groups is 1. The average Bonchev–Trinajstić information content (AvgIpc) is 3.19. The average molecular weight is 513 g/mol. The third kappa shape index (κ3) is 4.03. The van der Waals surface area contributed by atoms with E-state index in [1.165, 1.54) is 5.32 Å². The summed E-state index contributed by atoms with van der Waals surface area (Å²) in [4.78, 5) is 60.7. The Balaban J connectivity index is 2.10. The highest BCUT2D eigenvalue weighted by Crippen LogP contribution is 2.45. The zero-order valence-corrected chi connectivity index (χ0v) is 18.1. The van der Waals surface area contributed by atoms with Gasteiger partial charge in [0.05, 0.1) is 11.3 Å². The normalized spacial score (nSPS) is 30.3. The Kier molecular flexibility index (Phi) is 6.25. The summed E-state index contributed by atoms with van der Waals surface area (Å²) in [6.45, 7) is -0.148. The lowest BCUT2D eigenvalue weighted by molar-refractivity contribution is -0.806. The lowest BCUT2D eigenvalue weighted by atomic mass is 10.0. The molecule has 3 amide bonds. The van der Waals surface area contributed by atoms with Crippen LogP contribution >= 0.6 is 0 Å². The molecule has 0 aromatic rings. The molecule has 2 fully saturated rings. The number of nitrogens with one attached hydrogen (secondary N) is 1. The molecular formula is C17H18F3N3O10S. The number of amides is 3. The van der Waals surface area contributed by atoms with Gasteiger partial charge in [-0.2, -0.15) is 13.2 Å². The Bertz CT molecular complexity index is 1120. The SMILES string of the molecule is CC(=O)OCC1=C(C(=O)N2CCCC2C(=O)O)[N+]2([O-])C(=O)C(NC(=O)C(F)(F)F)C2S(=O)(=O)C1. The summed E-state index contributed by atoms with van der Waals surface area (Å²) >= 11 is 0. The summed E-state index contributed by atoms with van der Waals surface area (Å²) < 4.78 is 65.6. The maximum atomic E-state index is 13.6. The van der Waals surface area contributed by atoms with Crippen LogP contribution in [-0.4, -0.2) is 95.3 Å². The van der Waals surface area contributed by atoms with E-state index < -0.39 is 91.4 Å². The Labute approximate surface area is 189 Å². The van der Waals surface area contributed by atoms with Gasteiger partial charge in [0.25, 0.3) is 0 Å². The molecule has 34 heavy (non-hydrogen) atoms. The molecule has 13 nitrogen and oxygen atoms in total. The molecule has 0 aliphatic carbocycles. The fourth-order valence-corrected chi connectivity index (χ4v) is 6.37. The number of carboxylic acid groups (broad SMARTS) is 1. The molecule has 3 aliphatic rings. The van der Waals surface area contributed by atoms with Gasteiger partial charge in [0, 0.05) is 13.5 Å². The predicted molar refractivity (Wildman–Crippen MR) is 100 cm³/mol. The Hall–Kier alpha value is -3.05.